The molecule has 1 aliphatic rings. The highest BCUT2D eigenvalue weighted by molar-refractivity contribution is 6.34. The maximum absolute atomic E-state index is 13.7. The molecule has 0 radical (unpaired) electrons. The molecule has 0 aliphatic carbocycles. The molecule has 5 N–H and O–H groups in total. The van der Waals surface area contributed by atoms with Crippen molar-refractivity contribution in [2.75, 3.05) is 18.5 Å². The standard InChI is InChI=1S/C25H23FN4O5/c1-13-21(12-19-18-11-16(26)5-8-20(18)29-24(19)32)28-14(2)22(13)25(33)27-9-10-35-17-6-3-15(4-7-17)23(31)30-34/h3-8,11-12,28,34H,9-10H2,1-2H3,(H,27,33)(H,29,32)(H,30,31)/b19-12-. The second kappa shape index (κ2) is 9.82. The van der Waals surface area contributed by atoms with E-state index in [-0.39, 0.29) is 30.5 Å². The Balaban J connectivity index is 1.41. The number of aromatic amines is 1. The van der Waals surface area contributed by atoms with E-state index in [0.29, 0.717) is 45.1 Å². The summed E-state index contributed by atoms with van der Waals surface area (Å²) < 4.78 is 19.3. The predicted octanol–water partition coefficient (Wildman–Crippen LogP) is 3.19. The van der Waals surface area contributed by atoms with E-state index < -0.39 is 11.7 Å². The van der Waals surface area contributed by atoms with Crippen LogP contribution < -0.4 is 20.9 Å². The van der Waals surface area contributed by atoms with Crippen LogP contribution >= 0.6 is 0 Å². The van der Waals surface area contributed by atoms with Crippen LogP contribution in [0.5, 0.6) is 5.75 Å². The Kier molecular flexibility index (Phi) is 6.65. The Labute approximate surface area is 200 Å². The predicted molar refractivity (Wildman–Crippen MR) is 127 cm³/mol. The fourth-order valence-electron chi connectivity index (χ4n) is 3.90. The molecule has 0 saturated carbocycles. The summed E-state index contributed by atoms with van der Waals surface area (Å²) in [5.74, 6) is -1.21. The van der Waals surface area contributed by atoms with E-state index in [1.165, 1.54) is 30.3 Å². The van der Waals surface area contributed by atoms with E-state index in [2.05, 4.69) is 15.6 Å². The number of ether oxygens (including phenoxy) is 1. The van der Waals surface area contributed by atoms with E-state index >= 15 is 0 Å². The molecule has 10 heteroatoms. The number of halogens is 1. The van der Waals surface area contributed by atoms with Gasteiger partial charge in [-0.05, 0) is 68.0 Å². The van der Waals surface area contributed by atoms with Gasteiger partial charge >= 0.3 is 0 Å². The van der Waals surface area contributed by atoms with Gasteiger partial charge in [0, 0.05) is 28.2 Å². The van der Waals surface area contributed by atoms with Gasteiger partial charge in [0.1, 0.15) is 18.2 Å². The molecule has 3 aromatic rings. The maximum Gasteiger partial charge on any atom is 0.274 e. The lowest BCUT2D eigenvalue weighted by atomic mass is 10.0. The number of carbonyl (C=O) groups is 3. The summed E-state index contributed by atoms with van der Waals surface area (Å²) in [5.41, 5.74) is 5.46. The van der Waals surface area contributed by atoms with Crippen LogP contribution in [0.4, 0.5) is 10.1 Å². The highest BCUT2D eigenvalue weighted by Crippen LogP contribution is 2.34. The lowest BCUT2D eigenvalue weighted by Gasteiger charge is -2.09. The summed E-state index contributed by atoms with van der Waals surface area (Å²) >= 11 is 0. The van der Waals surface area contributed by atoms with Gasteiger partial charge in [-0.1, -0.05) is 0 Å². The fraction of sp³-hybridized carbons (Fsp3) is 0.160. The number of hydrogen-bond acceptors (Lipinski definition) is 5. The molecule has 180 valence electrons. The molecule has 9 nitrogen and oxygen atoms in total. The number of fused-ring (bicyclic) bond motifs is 1. The Morgan fingerprint density at radius 2 is 1.86 bits per heavy atom. The minimum atomic E-state index is -0.624. The third kappa shape index (κ3) is 4.92. The molecule has 1 aliphatic heterocycles. The maximum atomic E-state index is 13.7. The first-order chi connectivity index (χ1) is 16.8. The highest BCUT2D eigenvalue weighted by Gasteiger charge is 2.26. The number of rotatable bonds is 7. The molecule has 0 bridgehead atoms. The van der Waals surface area contributed by atoms with Crippen LogP contribution in [-0.4, -0.2) is 41.1 Å². The minimum Gasteiger partial charge on any atom is -0.492 e. The summed E-state index contributed by atoms with van der Waals surface area (Å²) in [4.78, 5) is 39.7. The number of amides is 3. The number of aryl methyl sites for hydroxylation is 1. The minimum absolute atomic E-state index is 0.194. The van der Waals surface area contributed by atoms with E-state index in [0.717, 1.165) is 0 Å². The van der Waals surface area contributed by atoms with Gasteiger partial charge in [0.25, 0.3) is 17.7 Å². The Morgan fingerprint density at radius 1 is 1.11 bits per heavy atom. The van der Waals surface area contributed by atoms with Crippen molar-refractivity contribution in [3.05, 3.63) is 81.9 Å². The van der Waals surface area contributed by atoms with Crippen molar-refractivity contribution in [3.8, 4) is 5.75 Å². The van der Waals surface area contributed by atoms with Crippen LogP contribution in [0.2, 0.25) is 0 Å². The van der Waals surface area contributed by atoms with Gasteiger partial charge in [-0.25, -0.2) is 9.87 Å². The van der Waals surface area contributed by atoms with E-state index in [1.807, 2.05) is 0 Å². The summed E-state index contributed by atoms with van der Waals surface area (Å²) in [6.07, 6.45) is 1.61. The molecular formula is C25H23FN4O5. The van der Waals surface area contributed by atoms with Crippen molar-refractivity contribution in [2.45, 2.75) is 13.8 Å². The highest BCUT2D eigenvalue weighted by atomic mass is 19.1. The SMILES string of the molecule is Cc1[nH]c(/C=C2\C(=O)Nc3ccc(F)cc32)c(C)c1C(=O)NCCOc1ccc(C(=O)NO)cc1. The monoisotopic (exact) mass is 478 g/mol. The molecular weight excluding hydrogens is 455 g/mol. The summed E-state index contributed by atoms with van der Waals surface area (Å²) in [5, 5.41) is 14.1. The van der Waals surface area contributed by atoms with E-state index in [9.17, 15) is 18.8 Å². The molecule has 3 amide bonds. The van der Waals surface area contributed by atoms with Gasteiger partial charge in [-0.2, -0.15) is 0 Å². The van der Waals surface area contributed by atoms with Crippen LogP contribution in [0.1, 0.15) is 43.2 Å². The van der Waals surface area contributed by atoms with Gasteiger partial charge in [0.15, 0.2) is 0 Å². The average Bonchev–Trinajstić information content (AvgIpc) is 3.30. The van der Waals surface area contributed by atoms with Crippen molar-refractivity contribution in [3.63, 3.8) is 0 Å². The lowest BCUT2D eigenvalue weighted by molar-refractivity contribution is -0.110. The molecule has 1 aromatic heterocycles. The number of hydroxylamine groups is 1. The van der Waals surface area contributed by atoms with Crippen molar-refractivity contribution in [2.24, 2.45) is 0 Å². The number of hydrogen-bond donors (Lipinski definition) is 5. The van der Waals surface area contributed by atoms with Gasteiger partial charge in [0.05, 0.1) is 17.7 Å². The molecule has 2 aromatic carbocycles. The topological polar surface area (TPSA) is 133 Å². The molecule has 0 spiro atoms. The van der Waals surface area contributed by atoms with Crippen LogP contribution in [0.25, 0.3) is 11.6 Å². The first-order valence-electron chi connectivity index (χ1n) is 10.8. The third-order valence-electron chi connectivity index (χ3n) is 5.63. The molecule has 0 saturated heterocycles. The first kappa shape index (κ1) is 23.7. The van der Waals surface area contributed by atoms with Gasteiger partial charge < -0.3 is 20.4 Å². The quantitative estimate of drug-likeness (QED) is 0.154. The summed E-state index contributed by atoms with van der Waals surface area (Å²) in [7, 11) is 0. The molecule has 0 atom stereocenters. The smallest absolute Gasteiger partial charge is 0.274 e. The Hall–Kier alpha value is -4.44. The zero-order chi connectivity index (χ0) is 25.1. The third-order valence-corrected chi connectivity index (χ3v) is 5.63. The van der Waals surface area contributed by atoms with Crippen LogP contribution in [0.3, 0.4) is 0 Å². The van der Waals surface area contributed by atoms with Gasteiger partial charge in [-0.3, -0.25) is 19.6 Å². The number of benzene rings is 2. The lowest BCUT2D eigenvalue weighted by Crippen LogP contribution is -2.28. The molecule has 35 heavy (non-hydrogen) atoms. The zero-order valence-electron chi connectivity index (χ0n) is 19.0. The largest absolute Gasteiger partial charge is 0.492 e. The zero-order valence-corrected chi connectivity index (χ0v) is 19.0. The van der Waals surface area contributed by atoms with Crippen molar-refractivity contribution in [1.82, 2.24) is 15.8 Å². The van der Waals surface area contributed by atoms with E-state index in [1.54, 1.807) is 37.5 Å². The van der Waals surface area contributed by atoms with Crippen molar-refractivity contribution in [1.29, 1.82) is 0 Å². The summed E-state index contributed by atoms with van der Waals surface area (Å²) in [6.45, 7) is 3.95. The van der Waals surface area contributed by atoms with Crippen molar-refractivity contribution < 1.29 is 28.7 Å². The first-order valence-corrected chi connectivity index (χ1v) is 10.8. The fourth-order valence-corrected chi connectivity index (χ4v) is 3.90. The number of nitrogens with one attached hydrogen (secondary N) is 4. The van der Waals surface area contributed by atoms with Crippen LogP contribution in [0, 0.1) is 19.7 Å². The van der Waals surface area contributed by atoms with Crippen molar-refractivity contribution >= 4 is 35.1 Å². The molecule has 0 fully saturated rings. The molecule has 4 rings (SSSR count). The number of carbonyl (C=O) groups excluding carboxylic acids is 3. The molecule has 2 heterocycles. The van der Waals surface area contributed by atoms with Gasteiger partial charge in [0.2, 0.25) is 0 Å². The normalized spacial score (nSPS) is 13.4. The second-order valence-electron chi connectivity index (χ2n) is 7.94. The Bertz CT molecular complexity index is 1340. The number of H-pyrrole nitrogens is 1. The number of aromatic nitrogens is 1. The van der Waals surface area contributed by atoms with Crippen LogP contribution in [0.15, 0.2) is 42.5 Å². The van der Waals surface area contributed by atoms with E-state index in [4.69, 9.17) is 9.94 Å². The second-order valence-corrected chi connectivity index (χ2v) is 7.94. The average molecular weight is 478 g/mol. The number of anilines is 1. The van der Waals surface area contributed by atoms with Crippen LogP contribution in [-0.2, 0) is 4.79 Å². The Morgan fingerprint density at radius 3 is 2.57 bits per heavy atom. The molecule has 0 unspecified atom stereocenters. The summed E-state index contributed by atoms with van der Waals surface area (Å²) in [6, 6.07) is 10.2. The van der Waals surface area contributed by atoms with Gasteiger partial charge in [-0.15, -0.1) is 0 Å².